The number of nitrogens with zero attached hydrogens (tertiary/aromatic N) is 2. The van der Waals surface area contributed by atoms with Crippen LogP contribution in [0.2, 0.25) is 0 Å². The van der Waals surface area contributed by atoms with Crippen LogP contribution in [0.3, 0.4) is 0 Å². The monoisotopic (exact) mass is 410 g/mol. The van der Waals surface area contributed by atoms with Crippen LogP contribution in [-0.2, 0) is 16.0 Å². The summed E-state index contributed by atoms with van der Waals surface area (Å²) in [6.45, 7) is 1.99. The number of hydrogen-bond acceptors (Lipinski definition) is 6. The van der Waals surface area contributed by atoms with Gasteiger partial charge in [-0.05, 0) is 49.7 Å². The van der Waals surface area contributed by atoms with Crippen LogP contribution in [0.15, 0.2) is 48.5 Å². The predicted octanol–water partition coefficient (Wildman–Crippen LogP) is 4.65. The van der Waals surface area contributed by atoms with E-state index in [1.165, 1.54) is 18.4 Å². The van der Waals surface area contributed by atoms with E-state index in [1.807, 2.05) is 55.5 Å². The maximum Gasteiger partial charge on any atom is 0.323 e. The fourth-order valence-corrected chi connectivity index (χ4v) is 3.47. The van der Waals surface area contributed by atoms with Gasteiger partial charge in [0.05, 0.1) is 7.11 Å². The molecule has 1 heterocycles. The standard InChI is InChI=1S/C21H22N4O3S/c1-14-6-10-16(11-7-14)22-21(27)23-17-12-8-15(9-13-17)20-25-24-18(29-20)4-3-5-19(26)28-2/h6-13H,3-5H2,1-2H3,(H2,22,23,27). The van der Waals surface area contributed by atoms with E-state index in [1.54, 1.807) is 0 Å². The number of hydrogen-bond donors (Lipinski definition) is 2. The predicted molar refractivity (Wildman–Crippen MR) is 114 cm³/mol. The first-order chi connectivity index (χ1) is 14.0. The molecule has 0 fully saturated rings. The fourth-order valence-electron chi connectivity index (χ4n) is 2.58. The fraction of sp³-hybridized carbons (Fsp3) is 0.238. The maximum atomic E-state index is 12.1. The van der Waals surface area contributed by atoms with Crippen LogP contribution in [0.5, 0.6) is 0 Å². The summed E-state index contributed by atoms with van der Waals surface area (Å²) in [4.78, 5) is 23.3. The number of nitrogens with one attached hydrogen (secondary N) is 2. The zero-order chi connectivity index (χ0) is 20.6. The lowest BCUT2D eigenvalue weighted by Crippen LogP contribution is -2.19. The van der Waals surface area contributed by atoms with Crippen molar-refractivity contribution in [1.29, 1.82) is 0 Å². The molecule has 0 aliphatic heterocycles. The van der Waals surface area contributed by atoms with Crippen molar-refractivity contribution in [3.8, 4) is 10.6 Å². The quantitative estimate of drug-likeness (QED) is 0.553. The molecule has 0 saturated carbocycles. The van der Waals surface area contributed by atoms with E-state index >= 15 is 0 Å². The molecule has 2 aromatic carbocycles. The van der Waals surface area contributed by atoms with E-state index in [-0.39, 0.29) is 12.0 Å². The van der Waals surface area contributed by atoms with Gasteiger partial charge >= 0.3 is 12.0 Å². The Labute approximate surface area is 173 Å². The minimum absolute atomic E-state index is 0.218. The van der Waals surface area contributed by atoms with Gasteiger partial charge in [-0.2, -0.15) is 0 Å². The van der Waals surface area contributed by atoms with E-state index in [0.717, 1.165) is 26.8 Å². The second-order valence-corrected chi connectivity index (χ2v) is 7.52. The average molecular weight is 410 g/mol. The minimum Gasteiger partial charge on any atom is -0.469 e. The molecular weight excluding hydrogens is 388 g/mol. The van der Waals surface area contributed by atoms with E-state index in [9.17, 15) is 9.59 Å². The largest absolute Gasteiger partial charge is 0.469 e. The van der Waals surface area contributed by atoms with E-state index in [4.69, 9.17) is 0 Å². The molecule has 8 heteroatoms. The Hall–Kier alpha value is -3.26. The van der Waals surface area contributed by atoms with Crippen LogP contribution in [0, 0.1) is 6.92 Å². The number of benzene rings is 2. The summed E-state index contributed by atoms with van der Waals surface area (Å²) in [6, 6.07) is 14.7. The van der Waals surface area contributed by atoms with E-state index in [0.29, 0.717) is 24.9 Å². The van der Waals surface area contributed by atoms with Gasteiger partial charge in [0.1, 0.15) is 10.0 Å². The zero-order valence-electron chi connectivity index (χ0n) is 16.3. The van der Waals surface area contributed by atoms with Crippen LogP contribution < -0.4 is 10.6 Å². The zero-order valence-corrected chi connectivity index (χ0v) is 17.1. The Morgan fingerprint density at radius 1 is 0.966 bits per heavy atom. The number of aromatic nitrogens is 2. The minimum atomic E-state index is -0.301. The van der Waals surface area contributed by atoms with Gasteiger partial charge < -0.3 is 15.4 Å². The molecule has 0 bridgehead atoms. The van der Waals surface area contributed by atoms with E-state index < -0.39 is 0 Å². The number of carbonyl (C=O) groups excluding carboxylic acids is 2. The number of carbonyl (C=O) groups is 2. The van der Waals surface area contributed by atoms with Crippen LogP contribution in [-0.4, -0.2) is 29.3 Å². The molecule has 2 N–H and O–H groups in total. The number of amides is 2. The lowest BCUT2D eigenvalue weighted by molar-refractivity contribution is -0.140. The molecule has 29 heavy (non-hydrogen) atoms. The van der Waals surface area contributed by atoms with Gasteiger partial charge in [-0.3, -0.25) is 4.79 Å². The molecule has 3 aromatic rings. The molecule has 0 radical (unpaired) electrons. The molecule has 0 saturated heterocycles. The van der Waals surface area contributed by atoms with Gasteiger partial charge in [0.15, 0.2) is 0 Å². The van der Waals surface area contributed by atoms with Crippen LogP contribution >= 0.6 is 11.3 Å². The molecule has 0 aliphatic carbocycles. The van der Waals surface area contributed by atoms with Crippen LogP contribution in [0.1, 0.15) is 23.4 Å². The summed E-state index contributed by atoms with van der Waals surface area (Å²) in [7, 11) is 1.38. The smallest absolute Gasteiger partial charge is 0.323 e. The summed E-state index contributed by atoms with van der Waals surface area (Å²) in [5.74, 6) is -0.218. The number of methoxy groups -OCH3 is 1. The number of aryl methyl sites for hydroxylation is 2. The number of esters is 1. The average Bonchev–Trinajstić information content (AvgIpc) is 3.19. The maximum absolute atomic E-state index is 12.1. The van der Waals surface area contributed by atoms with Crippen molar-refractivity contribution in [2.45, 2.75) is 26.2 Å². The summed E-state index contributed by atoms with van der Waals surface area (Å²) in [5, 5.41) is 15.7. The molecule has 0 unspecified atom stereocenters. The molecule has 7 nitrogen and oxygen atoms in total. The Bertz CT molecular complexity index is 968. The normalized spacial score (nSPS) is 10.4. The van der Waals surface area contributed by atoms with Crippen molar-refractivity contribution in [3.05, 3.63) is 59.1 Å². The summed E-state index contributed by atoms with van der Waals surface area (Å²) in [5.41, 5.74) is 3.47. The molecule has 0 spiro atoms. The van der Waals surface area contributed by atoms with Crippen molar-refractivity contribution >= 4 is 34.7 Å². The highest BCUT2D eigenvalue weighted by molar-refractivity contribution is 7.14. The third-order valence-corrected chi connectivity index (χ3v) is 5.20. The molecule has 1 aromatic heterocycles. The lowest BCUT2D eigenvalue weighted by Gasteiger charge is -2.08. The van der Waals surface area contributed by atoms with Crippen molar-refractivity contribution < 1.29 is 14.3 Å². The van der Waals surface area contributed by atoms with Gasteiger partial charge in [-0.25, -0.2) is 4.79 Å². The Morgan fingerprint density at radius 2 is 1.59 bits per heavy atom. The second-order valence-electron chi connectivity index (χ2n) is 6.45. The van der Waals surface area contributed by atoms with Gasteiger partial charge in [0.25, 0.3) is 0 Å². The van der Waals surface area contributed by atoms with Gasteiger partial charge in [0, 0.05) is 29.8 Å². The third kappa shape index (κ3) is 6.11. The van der Waals surface area contributed by atoms with Crippen molar-refractivity contribution in [1.82, 2.24) is 10.2 Å². The van der Waals surface area contributed by atoms with Gasteiger partial charge in [-0.15, -0.1) is 10.2 Å². The molecule has 150 valence electrons. The topological polar surface area (TPSA) is 93.2 Å². The molecular formula is C21H22N4O3S. The molecule has 2 amide bonds. The first-order valence-corrected chi connectivity index (χ1v) is 9.99. The highest BCUT2D eigenvalue weighted by Crippen LogP contribution is 2.25. The van der Waals surface area contributed by atoms with Crippen LogP contribution in [0.25, 0.3) is 10.6 Å². The highest BCUT2D eigenvalue weighted by atomic mass is 32.1. The number of anilines is 2. The second kappa shape index (κ2) is 9.79. The first kappa shape index (κ1) is 20.5. The number of urea groups is 1. The number of rotatable bonds is 7. The van der Waals surface area contributed by atoms with Crippen molar-refractivity contribution in [3.63, 3.8) is 0 Å². The lowest BCUT2D eigenvalue weighted by atomic mass is 10.2. The number of ether oxygens (including phenoxy) is 1. The third-order valence-electron chi connectivity index (χ3n) is 4.17. The summed E-state index contributed by atoms with van der Waals surface area (Å²) < 4.78 is 4.63. The summed E-state index contributed by atoms with van der Waals surface area (Å²) >= 11 is 1.49. The van der Waals surface area contributed by atoms with Crippen molar-refractivity contribution in [2.75, 3.05) is 17.7 Å². The van der Waals surface area contributed by atoms with Gasteiger partial charge in [0.2, 0.25) is 0 Å². The van der Waals surface area contributed by atoms with Gasteiger partial charge in [-0.1, -0.05) is 29.0 Å². The van der Waals surface area contributed by atoms with Crippen molar-refractivity contribution in [2.24, 2.45) is 0 Å². The molecule has 3 rings (SSSR count). The Balaban J connectivity index is 1.54. The molecule has 0 aliphatic rings. The van der Waals surface area contributed by atoms with Crippen LogP contribution in [0.4, 0.5) is 16.2 Å². The first-order valence-electron chi connectivity index (χ1n) is 9.18. The SMILES string of the molecule is COC(=O)CCCc1nnc(-c2ccc(NC(=O)Nc3ccc(C)cc3)cc2)s1. The summed E-state index contributed by atoms with van der Waals surface area (Å²) in [6.07, 6.45) is 1.74. The Kier molecular flexibility index (Phi) is 6.91. The molecule has 0 atom stereocenters. The van der Waals surface area contributed by atoms with E-state index in [2.05, 4.69) is 25.6 Å². The Morgan fingerprint density at radius 3 is 2.21 bits per heavy atom. The highest BCUT2D eigenvalue weighted by Gasteiger charge is 2.09.